The number of cyclic esters (lactones) is 1. The summed E-state index contributed by atoms with van der Waals surface area (Å²) in [4.78, 5) is 40.4. The maximum atomic E-state index is 14.8. The molecule has 2 atom stereocenters. The number of hydrogen-bond acceptors (Lipinski definition) is 8. The third-order valence-electron chi connectivity index (χ3n) is 4.73. The van der Waals surface area contributed by atoms with Crippen LogP contribution in [0.3, 0.4) is 0 Å². The van der Waals surface area contributed by atoms with Crippen LogP contribution in [-0.4, -0.2) is 76.5 Å². The number of ether oxygens (including phenoxy) is 1. The van der Waals surface area contributed by atoms with E-state index in [0.717, 1.165) is 4.90 Å². The number of pyridine rings is 1. The Morgan fingerprint density at radius 3 is 2.51 bits per heavy atom. The Bertz CT molecular complexity index is 1210. The lowest BCUT2D eigenvalue weighted by atomic mass is 10.1. The van der Waals surface area contributed by atoms with Gasteiger partial charge in [-0.2, -0.15) is 4.80 Å². The molecule has 16 heteroatoms. The number of rotatable bonds is 6. The molecule has 188 valence electrons. The topological polar surface area (TPSA) is 184 Å². The maximum absolute atomic E-state index is 14.8. The summed E-state index contributed by atoms with van der Waals surface area (Å²) in [5, 5.41) is 21.5. The van der Waals surface area contributed by atoms with Crippen LogP contribution in [0.15, 0.2) is 36.5 Å². The van der Waals surface area contributed by atoms with E-state index in [4.69, 9.17) is 24.0 Å². The number of anilines is 1. The average Bonchev–Trinajstić information content (AvgIpc) is 3.44. The number of phosphoric acid groups is 1. The lowest BCUT2D eigenvalue weighted by Crippen LogP contribution is -2.32. The lowest BCUT2D eigenvalue weighted by molar-refractivity contribution is 0.0188. The van der Waals surface area contributed by atoms with Gasteiger partial charge in [-0.1, -0.05) is 6.07 Å². The van der Waals surface area contributed by atoms with Crippen molar-refractivity contribution in [2.75, 3.05) is 18.1 Å². The standard InChI is InChI=1S/C19H18F2N6O3.H3O4P/c1-2-27-24-18(23-25-27)15-6-3-11(9-22-15)13-5-4-12(7-14(13)21)26-10-17(16(28)8-20)30-19(26)29;1-5(2,3)4/h3-7,9,16-17,28H,2,8,10H2,1H3;(H3,1,2,3,4)/t16?,17-;/m0./s1. The Kier molecular flexibility index (Phi) is 8.19. The fourth-order valence-corrected chi connectivity index (χ4v) is 3.07. The van der Waals surface area contributed by atoms with Crippen molar-refractivity contribution in [2.45, 2.75) is 25.7 Å². The van der Waals surface area contributed by atoms with Gasteiger partial charge in [-0.25, -0.2) is 18.1 Å². The summed E-state index contributed by atoms with van der Waals surface area (Å²) in [5.41, 5.74) is 1.57. The Hall–Kier alpha value is -3.36. The van der Waals surface area contributed by atoms with E-state index in [1.54, 1.807) is 18.2 Å². The van der Waals surface area contributed by atoms with E-state index in [1.807, 2.05) is 6.92 Å². The molecule has 0 bridgehead atoms. The second kappa shape index (κ2) is 10.9. The smallest absolute Gasteiger partial charge is 0.441 e. The number of aliphatic hydroxyl groups is 1. The SMILES string of the molecule is CCn1nnc(-c2ccc(-c3ccc(N4C[C@@H](C(O)CF)OC4=O)cc3F)cn2)n1.O=P(O)(O)O. The van der Waals surface area contributed by atoms with E-state index in [0.29, 0.717) is 23.6 Å². The molecule has 13 nitrogen and oxygen atoms in total. The van der Waals surface area contributed by atoms with Crippen molar-refractivity contribution in [3.05, 3.63) is 42.3 Å². The van der Waals surface area contributed by atoms with Crippen molar-refractivity contribution in [3.63, 3.8) is 0 Å². The minimum absolute atomic E-state index is 0.0651. The third kappa shape index (κ3) is 6.83. The van der Waals surface area contributed by atoms with E-state index in [9.17, 15) is 18.7 Å². The second-order valence-electron chi connectivity index (χ2n) is 7.17. The van der Waals surface area contributed by atoms with E-state index >= 15 is 0 Å². The van der Waals surface area contributed by atoms with Gasteiger partial charge in [0.05, 0.1) is 18.8 Å². The highest BCUT2D eigenvalue weighted by atomic mass is 31.2. The molecule has 1 unspecified atom stereocenters. The number of hydrogen-bond donors (Lipinski definition) is 4. The minimum Gasteiger partial charge on any atom is -0.441 e. The fourth-order valence-electron chi connectivity index (χ4n) is 3.07. The van der Waals surface area contributed by atoms with Gasteiger partial charge in [0.2, 0.25) is 5.82 Å². The summed E-state index contributed by atoms with van der Waals surface area (Å²) in [6.07, 6.45) is -1.68. The highest BCUT2D eigenvalue weighted by Gasteiger charge is 2.37. The molecule has 2 aromatic heterocycles. The molecule has 1 aromatic carbocycles. The summed E-state index contributed by atoms with van der Waals surface area (Å²) < 4.78 is 41.2. The third-order valence-corrected chi connectivity index (χ3v) is 4.73. The van der Waals surface area contributed by atoms with Crippen molar-refractivity contribution in [2.24, 2.45) is 0 Å². The Morgan fingerprint density at radius 2 is 1.97 bits per heavy atom. The molecule has 1 fully saturated rings. The molecule has 35 heavy (non-hydrogen) atoms. The molecule has 4 rings (SSSR count). The van der Waals surface area contributed by atoms with Crippen LogP contribution in [0.4, 0.5) is 19.3 Å². The number of nitrogens with zero attached hydrogens (tertiary/aromatic N) is 6. The molecule has 3 aromatic rings. The summed E-state index contributed by atoms with van der Waals surface area (Å²) in [5.74, 6) is -0.198. The van der Waals surface area contributed by atoms with E-state index in [-0.39, 0.29) is 17.8 Å². The quantitative estimate of drug-likeness (QED) is 0.348. The molecule has 3 heterocycles. The van der Waals surface area contributed by atoms with Crippen LogP contribution < -0.4 is 4.90 Å². The van der Waals surface area contributed by atoms with Gasteiger partial charge < -0.3 is 24.5 Å². The number of carbonyl (C=O) groups is 1. The van der Waals surface area contributed by atoms with Gasteiger partial charge >= 0.3 is 13.9 Å². The number of carbonyl (C=O) groups excluding carboxylic acids is 1. The van der Waals surface area contributed by atoms with E-state index in [2.05, 4.69) is 20.4 Å². The van der Waals surface area contributed by atoms with Gasteiger partial charge in [0, 0.05) is 17.3 Å². The van der Waals surface area contributed by atoms with Crippen LogP contribution >= 0.6 is 7.82 Å². The number of tetrazole rings is 1. The molecule has 0 aliphatic carbocycles. The van der Waals surface area contributed by atoms with Gasteiger partial charge in [0.25, 0.3) is 0 Å². The predicted molar refractivity (Wildman–Crippen MR) is 116 cm³/mol. The van der Waals surface area contributed by atoms with Crippen molar-refractivity contribution in [1.29, 1.82) is 0 Å². The molecule has 4 N–H and O–H groups in total. The largest absolute Gasteiger partial charge is 0.466 e. The highest BCUT2D eigenvalue weighted by Crippen LogP contribution is 2.30. The molecular weight excluding hydrogens is 493 g/mol. The van der Waals surface area contributed by atoms with Crippen LogP contribution in [0.2, 0.25) is 0 Å². The summed E-state index contributed by atoms with van der Waals surface area (Å²) >= 11 is 0. The first-order valence-electron chi connectivity index (χ1n) is 10.0. The Labute approximate surface area is 196 Å². The molecule has 0 saturated carbocycles. The van der Waals surface area contributed by atoms with Gasteiger partial charge in [-0.05, 0) is 36.4 Å². The summed E-state index contributed by atoms with van der Waals surface area (Å²) in [6.45, 7) is 1.37. The molecule has 0 radical (unpaired) electrons. The summed E-state index contributed by atoms with van der Waals surface area (Å²) in [6, 6.07) is 7.60. The van der Waals surface area contributed by atoms with Gasteiger partial charge in [-0.3, -0.25) is 9.88 Å². The Balaban J connectivity index is 0.000000623. The number of aryl methyl sites for hydroxylation is 1. The number of amides is 1. The number of aliphatic hydroxyl groups excluding tert-OH is 1. The number of aromatic nitrogens is 5. The normalized spacial score (nSPS) is 16.5. The first-order chi connectivity index (χ1) is 16.5. The van der Waals surface area contributed by atoms with E-state index in [1.165, 1.54) is 23.1 Å². The predicted octanol–water partition coefficient (Wildman–Crippen LogP) is 1.29. The summed E-state index contributed by atoms with van der Waals surface area (Å²) in [7, 11) is -4.64. The molecule has 0 spiro atoms. The molecular formula is C19H21F2N6O7P. The van der Waals surface area contributed by atoms with Crippen LogP contribution in [0.1, 0.15) is 6.92 Å². The monoisotopic (exact) mass is 514 g/mol. The van der Waals surface area contributed by atoms with Crippen molar-refractivity contribution >= 4 is 19.6 Å². The maximum Gasteiger partial charge on any atom is 0.466 e. The highest BCUT2D eigenvalue weighted by molar-refractivity contribution is 7.45. The molecule has 1 aliphatic heterocycles. The molecule has 1 amide bonds. The van der Waals surface area contributed by atoms with Crippen molar-refractivity contribution in [3.8, 4) is 22.6 Å². The van der Waals surface area contributed by atoms with E-state index < -0.39 is 38.6 Å². The first-order valence-corrected chi connectivity index (χ1v) is 11.6. The average molecular weight is 514 g/mol. The van der Waals surface area contributed by atoms with Gasteiger partial charge in [0.1, 0.15) is 24.3 Å². The first kappa shape index (κ1) is 26.2. The second-order valence-corrected chi connectivity index (χ2v) is 8.19. The number of benzene rings is 1. The van der Waals surface area contributed by atoms with Crippen molar-refractivity contribution in [1.82, 2.24) is 25.2 Å². The minimum atomic E-state index is -4.64. The zero-order valence-electron chi connectivity index (χ0n) is 18.1. The zero-order chi connectivity index (χ0) is 25.8. The fraction of sp³-hybridized carbons (Fsp3) is 0.316. The van der Waals surface area contributed by atoms with Gasteiger partial charge in [0.15, 0.2) is 6.10 Å². The molecule has 1 aliphatic rings. The zero-order valence-corrected chi connectivity index (χ0v) is 19.0. The van der Waals surface area contributed by atoms with Crippen LogP contribution in [0.5, 0.6) is 0 Å². The van der Waals surface area contributed by atoms with Crippen LogP contribution in [0, 0.1) is 5.82 Å². The van der Waals surface area contributed by atoms with Crippen LogP contribution in [-0.2, 0) is 15.8 Å². The Morgan fingerprint density at radius 1 is 1.26 bits per heavy atom. The number of alkyl halides is 1. The number of halogens is 2. The van der Waals surface area contributed by atoms with Crippen LogP contribution in [0.25, 0.3) is 22.6 Å². The van der Waals surface area contributed by atoms with Crippen molar-refractivity contribution < 1.29 is 42.7 Å². The lowest BCUT2D eigenvalue weighted by Gasteiger charge is -2.15. The van der Waals surface area contributed by atoms with Gasteiger partial charge in [-0.15, -0.1) is 10.2 Å². The molecule has 1 saturated heterocycles.